The molecule has 0 bridgehead atoms. The summed E-state index contributed by atoms with van der Waals surface area (Å²) >= 11 is 0. The van der Waals surface area contributed by atoms with Gasteiger partial charge in [0.15, 0.2) is 0 Å². The Labute approximate surface area is 88.4 Å². The Bertz CT molecular complexity index is 309. The minimum atomic E-state index is -0.913. The van der Waals surface area contributed by atoms with Crippen molar-refractivity contribution in [2.45, 2.75) is 32.0 Å². The highest BCUT2D eigenvalue weighted by Crippen LogP contribution is 2.26. The summed E-state index contributed by atoms with van der Waals surface area (Å²) < 4.78 is 10.2. The first kappa shape index (κ1) is 12.1. The van der Waals surface area contributed by atoms with Gasteiger partial charge in [-0.3, -0.25) is 0 Å². The zero-order valence-electron chi connectivity index (χ0n) is 9.23. The molecule has 0 aliphatic rings. The predicted molar refractivity (Wildman–Crippen MR) is 53.0 cm³/mol. The van der Waals surface area contributed by atoms with Gasteiger partial charge in [0.1, 0.15) is 11.7 Å². The fraction of sp³-hybridized carbons (Fsp3) is 0.778. The highest BCUT2D eigenvalue weighted by molar-refractivity contribution is 5.00. The lowest BCUT2D eigenvalue weighted by Crippen LogP contribution is -2.25. The van der Waals surface area contributed by atoms with Gasteiger partial charge in [-0.05, 0) is 13.3 Å². The number of nitrogens with zero attached hydrogens (tertiary/aromatic N) is 2. The third-order valence-electron chi connectivity index (χ3n) is 2.55. The molecular formula is C9H17N3O3. The molecule has 1 aromatic rings. The minimum absolute atomic E-state index is 0.0530. The Hall–Kier alpha value is -0.980. The molecule has 3 N–H and O–H groups in total. The summed E-state index contributed by atoms with van der Waals surface area (Å²) in [7, 11) is 1.58. The van der Waals surface area contributed by atoms with E-state index in [1.807, 2.05) is 13.8 Å². The second kappa shape index (κ2) is 4.69. The molecule has 1 rings (SSSR count). The Morgan fingerprint density at radius 1 is 1.67 bits per heavy atom. The molecule has 0 saturated carbocycles. The smallest absolute Gasteiger partial charge is 0.256 e. The zero-order chi connectivity index (χ0) is 11.5. The number of aliphatic hydroxyl groups is 1. The van der Waals surface area contributed by atoms with E-state index in [1.54, 1.807) is 7.11 Å². The van der Waals surface area contributed by atoms with Gasteiger partial charge in [0.2, 0.25) is 5.82 Å². The maximum Gasteiger partial charge on any atom is 0.256 e. The molecule has 1 aromatic heterocycles. The van der Waals surface area contributed by atoms with Crippen LogP contribution in [0.4, 0.5) is 0 Å². The SMILES string of the molecule is CCC(C)(OC)c1noc([C@@H](O)CN)n1. The van der Waals surface area contributed by atoms with Gasteiger partial charge in [-0.2, -0.15) is 4.98 Å². The molecule has 1 unspecified atom stereocenters. The van der Waals surface area contributed by atoms with Crippen molar-refractivity contribution in [3.05, 3.63) is 11.7 Å². The predicted octanol–water partition coefficient (Wildman–Crippen LogP) is 0.333. The lowest BCUT2D eigenvalue weighted by molar-refractivity contribution is -0.0106. The van der Waals surface area contributed by atoms with E-state index in [0.29, 0.717) is 12.2 Å². The summed E-state index contributed by atoms with van der Waals surface area (Å²) in [6.07, 6.45) is -0.203. The van der Waals surface area contributed by atoms with Crippen molar-refractivity contribution in [3.63, 3.8) is 0 Å². The third-order valence-corrected chi connectivity index (χ3v) is 2.55. The molecule has 0 amide bonds. The van der Waals surface area contributed by atoms with Gasteiger partial charge in [-0.25, -0.2) is 0 Å². The van der Waals surface area contributed by atoms with Crippen molar-refractivity contribution in [1.82, 2.24) is 10.1 Å². The average molecular weight is 215 g/mol. The molecule has 6 nitrogen and oxygen atoms in total. The van der Waals surface area contributed by atoms with E-state index in [4.69, 9.17) is 15.0 Å². The first-order valence-corrected chi connectivity index (χ1v) is 4.84. The number of hydrogen-bond donors (Lipinski definition) is 2. The first-order chi connectivity index (χ1) is 7.07. The van der Waals surface area contributed by atoms with Crippen molar-refractivity contribution < 1.29 is 14.4 Å². The fourth-order valence-electron chi connectivity index (χ4n) is 1.08. The Kier molecular flexibility index (Phi) is 3.78. The monoisotopic (exact) mass is 215 g/mol. The van der Waals surface area contributed by atoms with Crippen LogP contribution >= 0.6 is 0 Å². The molecule has 2 atom stereocenters. The van der Waals surface area contributed by atoms with Gasteiger partial charge in [-0.1, -0.05) is 12.1 Å². The summed E-state index contributed by atoms with van der Waals surface area (Å²) in [6, 6.07) is 0. The Morgan fingerprint density at radius 2 is 2.33 bits per heavy atom. The number of rotatable bonds is 5. The molecule has 0 aliphatic carbocycles. The van der Waals surface area contributed by atoms with E-state index in [0.717, 1.165) is 0 Å². The molecule has 86 valence electrons. The quantitative estimate of drug-likeness (QED) is 0.735. The molecule has 0 saturated heterocycles. The summed E-state index contributed by atoms with van der Waals surface area (Å²) in [5, 5.41) is 13.2. The number of methoxy groups -OCH3 is 1. The van der Waals surface area contributed by atoms with Crippen LogP contribution in [0.25, 0.3) is 0 Å². The normalized spacial score (nSPS) is 17.4. The van der Waals surface area contributed by atoms with Crippen molar-refractivity contribution in [2.24, 2.45) is 5.73 Å². The van der Waals surface area contributed by atoms with Gasteiger partial charge >= 0.3 is 0 Å². The first-order valence-electron chi connectivity index (χ1n) is 4.84. The van der Waals surface area contributed by atoms with Crippen LogP contribution in [0.5, 0.6) is 0 Å². The maximum absolute atomic E-state index is 9.39. The minimum Gasteiger partial charge on any atom is -0.382 e. The zero-order valence-corrected chi connectivity index (χ0v) is 9.23. The summed E-state index contributed by atoms with van der Waals surface area (Å²) in [4.78, 5) is 4.06. The lowest BCUT2D eigenvalue weighted by Gasteiger charge is -2.21. The highest BCUT2D eigenvalue weighted by atomic mass is 16.5. The van der Waals surface area contributed by atoms with Crippen LogP contribution < -0.4 is 5.73 Å². The average Bonchev–Trinajstić information content (AvgIpc) is 2.76. The maximum atomic E-state index is 9.39. The third kappa shape index (κ3) is 2.34. The van der Waals surface area contributed by atoms with Gasteiger partial charge in [0.25, 0.3) is 5.89 Å². The van der Waals surface area contributed by atoms with E-state index in [1.165, 1.54) is 0 Å². The standard InChI is InChI=1S/C9H17N3O3/c1-4-9(2,14-3)8-11-7(15-12-8)6(13)5-10/h6,13H,4-5,10H2,1-3H3/t6-,9?/m0/s1. The second-order valence-corrected chi connectivity index (χ2v) is 3.50. The van der Waals surface area contributed by atoms with Crippen molar-refractivity contribution >= 4 is 0 Å². The molecule has 0 aromatic carbocycles. The van der Waals surface area contributed by atoms with Gasteiger partial charge in [-0.15, -0.1) is 0 Å². The summed E-state index contributed by atoms with van der Waals surface area (Å²) in [5.74, 6) is 0.555. The molecule has 1 heterocycles. The number of aromatic nitrogens is 2. The number of hydrogen-bond acceptors (Lipinski definition) is 6. The summed E-state index contributed by atoms with van der Waals surface area (Å²) in [5.41, 5.74) is 4.69. The van der Waals surface area contributed by atoms with E-state index < -0.39 is 11.7 Å². The van der Waals surface area contributed by atoms with Crippen LogP contribution in [0.1, 0.15) is 38.1 Å². The van der Waals surface area contributed by atoms with Crippen LogP contribution in [0.3, 0.4) is 0 Å². The van der Waals surface area contributed by atoms with E-state index >= 15 is 0 Å². The van der Waals surface area contributed by atoms with Crippen molar-refractivity contribution in [3.8, 4) is 0 Å². The lowest BCUT2D eigenvalue weighted by atomic mass is 10.0. The van der Waals surface area contributed by atoms with Gasteiger partial charge in [0, 0.05) is 13.7 Å². The van der Waals surface area contributed by atoms with E-state index in [9.17, 15) is 5.11 Å². The molecule has 0 radical (unpaired) electrons. The van der Waals surface area contributed by atoms with Gasteiger partial charge < -0.3 is 20.1 Å². The largest absolute Gasteiger partial charge is 0.382 e. The molecule has 0 fully saturated rings. The molecule has 15 heavy (non-hydrogen) atoms. The van der Waals surface area contributed by atoms with Crippen LogP contribution in [-0.2, 0) is 10.3 Å². The molecular weight excluding hydrogens is 198 g/mol. The van der Waals surface area contributed by atoms with E-state index in [2.05, 4.69) is 10.1 Å². The Balaban J connectivity index is 2.92. The highest BCUT2D eigenvalue weighted by Gasteiger charge is 2.30. The number of ether oxygens (including phenoxy) is 1. The molecule has 0 aliphatic heterocycles. The molecule has 0 spiro atoms. The van der Waals surface area contributed by atoms with Crippen LogP contribution in [0.2, 0.25) is 0 Å². The fourth-order valence-corrected chi connectivity index (χ4v) is 1.08. The number of nitrogens with two attached hydrogens (primary N) is 1. The van der Waals surface area contributed by atoms with Crippen molar-refractivity contribution in [1.29, 1.82) is 0 Å². The van der Waals surface area contributed by atoms with Crippen molar-refractivity contribution in [2.75, 3.05) is 13.7 Å². The van der Waals surface area contributed by atoms with Crippen LogP contribution in [-0.4, -0.2) is 28.9 Å². The second-order valence-electron chi connectivity index (χ2n) is 3.50. The van der Waals surface area contributed by atoms with Crippen LogP contribution in [0, 0.1) is 0 Å². The Morgan fingerprint density at radius 3 is 2.80 bits per heavy atom. The number of aliphatic hydroxyl groups excluding tert-OH is 1. The van der Waals surface area contributed by atoms with Gasteiger partial charge in [0.05, 0.1) is 0 Å². The topological polar surface area (TPSA) is 94.4 Å². The summed E-state index contributed by atoms with van der Waals surface area (Å²) in [6.45, 7) is 3.87. The molecule has 6 heteroatoms. The van der Waals surface area contributed by atoms with Crippen LogP contribution in [0.15, 0.2) is 4.52 Å². The van der Waals surface area contributed by atoms with E-state index in [-0.39, 0.29) is 12.4 Å².